The van der Waals surface area contributed by atoms with Gasteiger partial charge < -0.3 is 10.1 Å². The molecule has 1 N–H and O–H groups in total. The van der Waals surface area contributed by atoms with Gasteiger partial charge in [-0.05, 0) is 62.0 Å². The van der Waals surface area contributed by atoms with E-state index < -0.39 is 0 Å². The minimum atomic E-state index is 0.200. The van der Waals surface area contributed by atoms with Crippen LogP contribution in [0.5, 0.6) is 5.75 Å². The molecule has 0 spiro atoms. The van der Waals surface area contributed by atoms with E-state index in [2.05, 4.69) is 55.7 Å². The van der Waals surface area contributed by atoms with Gasteiger partial charge in [0.25, 0.3) is 0 Å². The van der Waals surface area contributed by atoms with Crippen LogP contribution >= 0.6 is 11.3 Å². The highest BCUT2D eigenvalue weighted by Crippen LogP contribution is 2.31. The van der Waals surface area contributed by atoms with Crippen molar-refractivity contribution in [3.63, 3.8) is 0 Å². The molecule has 20 heavy (non-hydrogen) atoms. The van der Waals surface area contributed by atoms with E-state index in [9.17, 15) is 0 Å². The molecule has 0 aliphatic carbocycles. The molecule has 0 aliphatic rings. The van der Waals surface area contributed by atoms with Crippen LogP contribution in [0.15, 0.2) is 35.7 Å². The number of hydrogen-bond donors (Lipinski definition) is 1. The third-order valence-corrected chi connectivity index (χ3v) is 4.30. The standard InChI is InChI=1S/C17H23NOS/c1-5-13-9-10-20-17(13)16(18-4)14-7-6-8-15(11-14)19-12(2)3/h6-12,16,18H,5H2,1-4H3. The first kappa shape index (κ1) is 15.1. The fraction of sp³-hybridized carbons (Fsp3) is 0.412. The number of thiophene rings is 1. The molecule has 0 radical (unpaired) electrons. The van der Waals surface area contributed by atoms with Crippen LogP contribution < -0.4 is 10.1 Å². The summed E-state index contributed by atoms with van der Waals surface area (Å²) in [5.74, 6) is 0.937. The van der Waals surface area contributed by atoms with E-state index in [1.165, 1.54) is 16.0 Å². The lowest BCUT2D eigenvalue weighted by Crippen LogP contribution is -2.18. The van der Waals surface area contributed by atoms with E-state index in [0.717, 1.165) is 12.2 Å². The highest BCUT2D eigenvalue weighted by atomic mass is 32.1. The topological polar surface area (TPSA) is 21.3 Å². The van der Waals surface area contributed by atoms with Crippen LogP contribution in [-0.2, 0) is 6.42 Å². The molecule has 2 nitrogen and oxygen atoms in total. The van der Waals surface area contributed by atoms with Crippen LogP contribution in [-0.4, -0.2) is 13.2 Å². The van der Waals surface area contributed by atoms with Crippen LogP contribution in [0.2, 0.25) is 0 Å². The maximum absolute atomic E-state index is 5.80. The molecular weight excluding hydrogens is 266 g/mol. The highest BCUT2D eigenvalue weighted by Gasteiger charge is 2.17. The van der Waals surface area contributed by atoms with Gasteiger partial charge in [-0.3, -0.25) is 0 Å². The first-order chi connectivity index (χ1) is 9.65. The predicted molar refractivity (Wildman–Crippen MR) is 86.8 cm³/mol. The summed E-state index contributed by atoms with van der Waals surface area (Å²) >= 11 is 1.82. The van der Waals surface area contributed by atoms with Crippen molar-refractivity contribution in [2.75, 3.05) is 7.05 Å². The summed E-state index contributed by atoms with van der Waals surface area (Å²) in [6.07, 6.45) is 1.27. The molecule has 0 aliphatic heterocycles. The van der Waals surface area contributed by atoms with E-state index >= 15 is 0 Å². The van der Waals surface area contributed by atoms with Crippen LogP contribution in [0, 0.1) is 0 Å². The van der Waals surface area contributed by atoms with Crippen molar-refractivity contribution in [2.45, 2.75) is 39.3 Å². The molecule has 1 aromatic heterocycles. The lowest BCUT2D eigenvalue weighted by molar-refractivity contribution is 0.242. The molecule has 0 saturated heterocycles. The van der Waals surface area contributed by atoms with Gasteiger partial charge in [-0.1, -0.05) is 19.1 Å². The third-order valence-electron chi connectivity index (χ3n) is 3.28. The van der Waals surface area contributed by atoms with Crippen molar-refractivity contribution in [1.29, 1.82) is 0 Å². The number of benzene rings is 1. The van der Waals surface area contributed by atoms with Crippen LogP contribution in [0.25, 0.3) is 0 Å². The second kappa shape index (κ2) is 6.91. The van der Waals surface area contributed by atoms with E-state index in [-0.39, 0.29) is 12.1 Å². The van der Waals surface area contributed by atoms with Crippen molar-refractivity contribution in [3.05, 3.63) is 51.7 Å². The predicted octanol–water partition coefficient (Wildman–Crippen LogP) is 4.41. The van der Waals surface area contributed by atoms with Gasteiger partial charge in [0.15, 0.2) is 0 Å². The first-order valence-corrected chi connectivity index (χ1v) is 8.03. The minimum absolute atomic E-state index is 0.200. The summed E-state index contributed by atoms with van der Waals surface area (Å²) in [7, 11) is 2.01. The van der Waals surface area contributed by atoms with Crippen LogP contribution in [0.1, 0.15) is 42.8 Å². The zero-order valence-corrected chi connectivity index (χ0v) is 13.5. The molecule has 108 valence electrons. The molecule has 2 aromatic rings. The van der Waals surface area contributed by atoms with Crippen molar-refractivity contribution >= 4 is 11.3 Å². The molecule has 0 amide bonds. The molecule has 0 fully saturated rings. The molecule has 1 heterocycles. The Morgan fingerprint density at radius 1 is 1.25 bits per heavy atom. The minimum Gasteiger partial charge on any atom is -0.491 e. The van der Waals surface area contributed by atoms with Gasteiger partial charge in [-0.15, -0.1) is 11.3 Å². The maximum Gasteiger partial charge on any atom is 0.120 e. The zero-order valence-electron chi connectivity index (χ0n) is 12.6. The van der Waals surface area contributed by atoms with Gasteiger partial charge in [-0.2, -0.15) is 0 Å². The van der Waals surface area contributed by atoms with E-state index in [1.807, 2.05) is 24.5 Å². The normalized spacial score (nSPS) is 12.7. The molecule has 3 heteroatoms. The molecule has 0 bridgehead atoms. The molecule has 1 aromatic carbocycles. The zero-order chi connectivity index (χ0) is 14.5. The summed E-state index contributed by atoms with van der Waals surface area (Å²) in [5, 5.41) is 5.60. The monoisotopic (exact) mass is 289 g/mol. The summed E-state index contributed by atoms with van der Waals surface area (Å²) in [5.41, 5.74) is 2.67. The maximum atomic E-state index is 5.80. The molecule has 2 rings (SSSR count). The Morgan fingerprint density at radius 2 is 2.05 bits per heavy atom. The quantitative estimate of drug-likeness (QED) is 0.850. The van der Waals surface area contributed by atoms with E-state index in [0.29, 0.717) is 0 Å². The molecule has 1 atom stereocenters. The summed E-state index contributed by atoms with van der Waals surface area (Å²) in [4.78, 5) is 1.40. The summed E-state index contributed by atoms with van der Waals surface area (Å²) < 4.78 is 5.80. The largest absolute Gasteiger partial charge is 0.491 e. The Bertz CT molecular complexity index is 547. The number of hydrogen-bond acceptors (Lipinski definition) is 3. The lowest BCUT2D eigenvalue weighted by atomic mass is 10.0. The van der Waals surface area contributed by atoms with Crippen LogP contribution in [0.3, 0.4) is 0 Å². The van der Waals surface area contributed by atoms with Gasteiger partial charge in [-0.25, -0.2) is 0 Å². The number of nitrogens with one attached hydrogen (secondary N) is 1. The molecule has 1 unspecified atom stereocenters. The molecular formula is C17H23NOS. The average Bonchev–Trinajstić information content (AvgIpc) is 2.87. The Labute approximate surface area is 125 Å². The van der Waals surface area contributed by atoms with Crippen molar-refractivity contribution in [3.8, 4) is 5.75 Å². The number of aryl methyl sites for hydroxylation is 1. The van der Waals surface area contributed by atoms with Gasteiger partial charge in [0.05, 0.1) is 12.1 Å². The van der Waals surface area contributed by atoms with Crippen molar-refractivity contribution in [2.24, 2.45) is 0 Å². The van der Waals surface area contributed by atoms with Crippen molar-refractivity contribution < 1.29 is 4.74 Å². The average molecular weight is 289 g/mol. The smallest absolute Gasteiger partial charge is 0.120 e. The van der Waals surface area contributed by atoms with E-state index in [4.69, 9.17) is 4.74 Å². The highest BCUT2D eigenvalue weighted by molar-refractivity contribution is 7.10. The number of ether oxygens (including phenoxy) is 1. The summed E-state index contributed by atoms with van der Waals surface area (Å²) in [6.45, 7) is 6.31. The lowest BCUT2D eigenvalue weighted by Gasteiger charge is -2.19. The van der Waals surface area contributed by atoms with E-state index in [1.54, 1.807) is 0 Å². The fourth-order valence-electron chi connectivity index (χ4n) is 2.38. The fourth-order valence-corrected chi connectivity index (χ4v) is 3.51. The van der Waals surface area contributed by atoms with Crippen molar-refractivity contribution in [1.82, 2.24) is 5.32 Å². The Morgan fingerprint density at radius 3 is 2.70 bits per heavy atom. The third kappa shape index (κ3) is 3.41. The number of rotatable bonds is 6. The Kier molecular flexibility index (Phi) is 5.21. The van der Waals surface area contributed by atoms with Gasteiger partial charge in [0, 0.05) is 4.88 Å². The summed E-state index contributed by atoms with van der Waals surface area (Å²) in [6, 6.07) is 10.8. The second-order valence-electron chi connectivity index (χ2n) is 5.12. The first-order valence-electron chi connectivity index (χ1n) is 7.15. The Hall–Kier alpha value is -1.32. The van der Waals surface area contributed by atoms with Gasteiger partial charge in [0.2, 0.25) is 0 Å². The molecule has 0 saturated carbocycles. The second-order valence-corrected chi connectivity index (χ2v) is 6.07. The Balaban J connectivity index is 2.32. The SMILES string of the molecule is CCc1ccsc1C(NC)c1cccc(OC(C)C)c1. The van der Waals surface area contributed by atoms with Crippen LogP contribution in [0.4, 0.5) is 0 Å². The van der Waals surface area contributed by atoms with Gasteiger partial charge >= 0.3 is 0 Å². The van der Waals surface area contributed by atoms with Gasteiger partial charge in [0.1, 0.15) is 5.75 Å².